The van der Waals surface area contributed by atoms with Crippen LogP contribution in [0, 0.1) is 6.48 Å². The van der Waals surface area contributed by atoms with E-state index in [9.17, 15) is 0 Å². The molecule has 0 aromatic heterocycles. The molecule has 0 aliphatic rings. The largest absolute Gasteiger partial charge is 0.370 e. The Hall–Kier alpha value is -0.120. The van der Waals surface area contributed by atoms with Gasteiger partial charge in [0.25, 0.3) is 0 Å². The molecular weight excluding hydrogens is 144 g/mol. The van der Waals surface area contributed by atoms with Crippen LogP contribution in [-0.2, 0) is 14.2 Å². The van der Waals surface area contributed by atoms with Gasteiger partial charge in [0.1, 0.15) is 0 Å². The van der Waals surface area contributed by atoms with E-state index >= 15 is 0 Å². The summed E-state index contributed by atoms with van der Waals surface area (Å²) in [5, 5.41) is 0. The van der Waals surface area contributed by atoms with E-state index in [0.29, 0.717) is 26.3 Å². The summed E-state index contributed by atoms with van der Waals surface area (Å²) in [4.78, 5) is 0. The molecule has 1 radical (unpaired) electrons. The SMILES string of the molecule is CCCO[C](OCC)OCC. The minimum atomic E-state index is 0.303. The highest BCUT2D eigenvalue weighted by Gasteiger charge is 2.09. The molecule has 0 saturated carbocycles. The Morgan fingerprint density at radius 1 is 0.909 bits per heavy atom. The normalized spacial score (nSPS) is 10.9. The summed E-state index contributed by atoms with van der Waals surface area (Å²) in [6.45, 7) is 7.95. The third kappa shape index (κ3) is 6.28. The minimum absolute atomic E-state index is 0.303. The van der Waals surface area contributed by atoms with Crippen LogP contribution < -0.4 is 0 Å². The molecule has 0 amide bonds. The summed E-state index contributed by atoms with van der Waals surface area (Å²) in [5.74, 6) is 0. The molecule has 3 heteroatoms. The summed E-state index contributed by atoms with van der Waals surface area (Å²) < 4.78 is 15.3. The number of hydrogen-bond donors (Lipinski definition) is 0. The van der Waals surface area contributed by atoms with Gasteiger partial charge in [0.05, 0.1) is 6.61 Å². The van der Waals surface area contributed by atoms with Crippen molar-refractivity contribution in [2.45, 2.75) is 27.2 Å². The zero-order valence-corrected chi connectivity index (χ0v) is 7.55. The molecule has 0 rings (SSSR count). The third-order valence-corrected chi connectivity index (χ3v) is 0.948. The van der Waals surface area contributed by atoms with Crippen LogP contribution in [0.5, 0.6) is 0 Å². The zero-order chi connectivity index (χ0) is 8.53. The predicted octanol–water partition coefficient (Wildman–Crippen LogP) is 1.93. The van der Waals surface area contributed by atoms with Gasteiger partial charge < -0.3 is 14.2 Å². The number of hydrogen-bond acceptors (Lipinski definition) is 3. The molecule has 0 aromatic rings. The van der Waals surface area contributed by atoms with E-state index in [4.69, 9.17) is 14.2 Å². The first-order valence-electron chi connectivity index (χ1n) is 4.10. The van der Waals surface area contributed by atoms with Gasteiger partial charge in [-0.15, -0.1) is 0 Å². The molecule has 0 fully saturated rings. The van der Waals surface area contributed by atoms with Crippen LogP contribution in [0.25, 0.3) is 0 Å². The second kappa shape index (κ2) is 7.98. The van der Waals surface area contributed by atoms with Crippen molar-refractivity contribution in [2.24, 2.45) is 0 Å². The maximum absolute atomic E-state index is 5.14. The minimum Gasteiger partial charge on any atom is -0.321 e. The molecule has 11 heavy (non-hydrogen) atoms. The monoisotopic (exact) mass is 161 g/mol. The number of ether oxygens (including phenoxy) is 3. The molecule has 0 aromatic carbocycles. The summed E-state index contributed by atoms with van der Waals surface area (Å²) in [6.07, 6.45) is 0.962. The lowest BCUT2D eigenvalue weighted by Gasteiger charge is -2.13. The lowest BCUT2D eigenvalue weighted by molar-refractivity contribution is -0.182. The first-order chi connectivity index (χ1) is 5.35. The van der Waals surface area contributed by atoms with Crippen molar-refractivity contribution in [1.29, 1.82) is 0 Å². The fourth-order valence-electron chi connectivity index (χ4n) is 0.546. The lowest BCUT2D eigenvalue weighted by atomic mass is 10.5. The Labute approximate surface area is 68.6 Å². The molecule has 0 unspecified atom stereocenters. The van der Waals surface area contributed by atoms with E-state index in [2.05, 4.69) is 0 Å². The van der Waals surface area contributed by atoms with E-state index < -0.39 is 0 Å². The van der Waals surface area contributed by atoms with Crippen LogP contribution in [-0.4, -0.2) is 19.8 Å². The Morgan fingerprint density at radius 3 is 1.82 bits per heavy atom. The molecule has 67 valence electrons. The highest BCUT2D eigenvalue weighted by molar-refractivity contribution is 4.46. The second-order valence-corrected chi connectivity index (χ2v) is 1.96. The van der Waals surface area contributed by atoms with Crippen molar-refractivity contribution in [3.63, 3.8) is 0 Å². The quantitative estimate of drug-likeness (QED) is 0.571. The van der Waals surface area contributed by atoms with Crippen molar-refractivity contribution in [3.8, 4) is 0 Å². The van der Waals surface area contributed by atoms with Gasteiger partial charge in [0, 0.05) is 13.2 Å². The molecule has 0 N–H and O–H groups in total. The van der Waals surface area contributed by atoms with Gasteiger partial charge in [-0.3, -0.25) is 0 Å². The second-order valence-electron chi connectivity index (χ2n) is 1.96. The first kappa shape index (κ1) is 10.9. The van der Waals surface area contributed by atoms with Gasteiger partial charge in [-0.1, -0.05) is 6.92 Å². The molecule has 0 aliphatic heterocycles. The van der Waals surface area contributed by atoms with Gasteiger partial charge in [0.15, 0.2) is 0 Å². The fourth-order valence-corrected chi connectivity index (χ4v) is 0.546. The van der Waals surface area contributed by atoms with Crippen molar-refractivity contribution >= 4 is 0 Å². The Kier molecular flexibility index (Phi) is 7.89. The maximum Gasteiger partial charge on any atom is 0.370 e. The van der Waals surface area contributed by atoms with Gasteiger partial charge in [-0.2, -0.15) is 0 Å². The summed E-state index contributed by atoms with van der Waals surface area (Å²) in [7, 11) is 0. The number of rotatable bonds is 7. The van der Waals surface area contributed by atoms with Gasteiger partial charge in [-0.25, -0.2) is 0 Å². The van der Waals surface area contributed by atoms with Crippen LogP contribution >= 0.6 is 0 Å². The average Bonchev–Trinajstić information content (AvgIpc) is 2.01. The standard InChI is InChI=1S/C8H17O3/c1-4-7-11-8(9-5-2)10-6-3/h4-7H2,1-3H3. The van der Waals surface area contributed by atoms with Crippen molar-refractivity contribution < 1.29 is 14.2 Å². The summed E-state index contributed by atoms with van der Waals surface area (Å²) in [6, 6.07) is 0. The highest BCUT2D eigenvalue weighted by atomic mass is 16.8. The van der Waals surface area contributed by atoms with Crippen molar-refractivity contribution in [3.05, 3.63) is 6.48 Å². The van der Waals surface area contributed by atoms with Gasteiger partial charge in [-0.05, 0) is 20.3 Å². The Bertz CT molecular complexity index is 69.7. The summed E-state index contributed by atoms with van der Waals surface area (Å²) >= 11 is 0. The van der Waals surface area contributed by atoms with Crippen LogP contribution in [0.1, 0.15) is 27.2 Å². The summed E-state index contributed by atoms with van der Waals surface area (Å²) in [5.41, 5.74) is 0. The van der Waals surface area contributed by atoms with Crippen LogP contribution in [0.15, 0.2) is 0 Å². The molecule has 0 bridgehead atoms. The third-order valence-electron chi connectivity index (χ3n) is 0.948. The molecule has 0 saturated heterocycles. The highest BCUT2D eigenvalue weighted by Crippen LogP contribution is 2.06. The maximum atomic E-state index is 5.14. The van der Waals surface area contributed by atoms with Crippen molar-refractivity contribution in [2.75, 3.05) is 19.8 Å². The molecular formula is C8H17O3. The smallest absolute Gasteiger partial charge is 0.321 e. The Balaban J connectivity index is 3.34. The topological polar surface area (TPSA) is 27.7 Å². The van der Waals surface area contributed by atoms with E-state index in [1.807, 2.05) is 20.8 Å². The first-order valence-corrected chi connectivity index (χ1v) is 4.10. The molecule has 0 atom stereocenters. The van der Waals surface area contributed by atoms with E-state index in [0.717, 1.165) is 6.42 Å². The van der Waals surface area contributed by atoms with E-state index in [1.165, 1.54) is 0 Å². The molecule has 0 spiro atoms. The predicted molar refractivity (Wildman–Crippen MR) is 42.7 cm³/mol. The Morgan fingerprint density at radius 2 is 1.45 bits per heavy atom. The van der Waals surface area contributed by atoms with Crippen LogP contribution in [0.3, 0.4) is 0 Å². The average molecular weight is 161 g/mol. The van der Waals surface area contributed by atoms with Crippen molar-refractivity contribution in [1.82, 2.24) is 0 Å². The van der Waals surface area contributed by atoms with Gasteiger partial charge in [0.2, 0.25) is 0 Å². The molecule has 3 nitrogen and oxygen atoms in total. The van der Waals surface area contributed by atoms with Crippen LogP contribution in [0.2, 0.25) is 0 Å². The molecule has 0 heterocycles. The molecule has 0 aliphatic carbocycles. The van der Waals surface area contributed by atoms with Gasteiger partial charge >= 0.3 is 6.48 Å². The van der Waals surface area contributed by atoms with E-state index in [1.54, 1.807) is 0 Å². The van der Waals surface area contributed by atoms with E-state index in [-0.39, 0.29) is 0 Å². The zero-order valence-electron chi connectivity index (χ0n) is 7.55. The lowest BCUT2D eigenvalue weighted by Crippen LogP contribution is -2.12. The fraction of sp³-hybridized carbons (Fsp3) is 0.875. The van der Waals surface area contributed by atoms with Crippen LogP contribution in [0.4, 0.5) is 0 Å².